The molecule has 0 aliphatic carbocycles. The van der Waals surface area contributed by atoms with Crippen LogP contribution in [0, 0.1) is 10.1 Å². The van der Waals surface area contributed by atoms with E-state index in [1.165, 1.54) is 0 Å². The van der Waals surface area contributed by atoms with Crippen molar-refractivity contribution in [2.24, 2.45) is 0 Å². The number of esters is 1. The molecule has 2 N–H and O–H groups in total. The number of aliphatic hydroxyl groups is 1. The second kappa shape index (κ2) is 10.4. The van der Waals surface area contributed by atoms with Gasteiger partial charge in [-0.05, 0) is 11.6 Å². The van der Waals surface area contributed by atoms with E-state index in [1.807, 2.05) is 0 Å². The summed E-state index contributed by atoms with van der Waals surface area (Å²) in [5.41, 5.74) is -1.48. The van der Waals surface area contributed by atoms with Crippen LogP contribution in [0.4, 0.5) is 24.5 Å². The zero-order valence-electron chi connectivity index (χ0n) is 16.3. The number of carbonyl (C=O) groups excluding carboxylic acids is 1. The highest BCUT2D eigenvalue weighted by Gasteiger charge is 2.36. The number of halogens is 3. The molecule has 2 rings (SSSR count). The van der Waals surface area contributed by atoms with Crippen molar-refractivity contribution in [1.82, 2.24) is 0 Å². The molecule has 0 heterocycles. The molecule has 0 amide bonds. The van der Waals surface area contributed by atoms with Gasteiger partial charge in [-0.25, -0.2) is 4.79 Å². The lowest BCUT2D eigenvalue weighted by molar-refractivity contribution is -0.385. The summed E-state index contributed by atoms with van der Waals surface area (Å²) in [5, 5.41) is 22.6. The number of alkyl halides is 3. The van der Waals surface area contributed by atoms with Gasteiger partial charge in [0.15, 0.2) is 0 Å². The van der Waals surface area contributed by atoms with Gasteiger partial charge >= 0.3 is 12.1 Å². The Kier molecular flexibility index (Phi) is 7.97. The number of allylic oxidation sites excluding steroid dienone is 1. The second-order valence-corrected chi connectivity index (χ2v) is 6.19. The first-order valence-corrected chi connectivity index (χ1v) is 8.88. The number of nitrogens with zero attached hydrogens (tertiary/aromatic N) is 1. The maximum Gasteiger partial charge on any atom is 0.431 e. The standard InChI is InChI=1S/C20H19F3N2O6/c1-30-19(27)11-18(20(21,22)23)24-15-9-14(7-8-26)16(25(28)29)10-17(15)31-12-13-5-3-2-4-6-13/h2-6,9-11,24,26H,7-8,12H2,1H3/b18-11-. The number of nitro benzene ring substituents is 1. The normalized spacial score (nSPS) is 11.7. The fourth-order valence-electron chi connectivity index (χ4n) is 2.57. The number of ether oxygens (including phenoxy) is 2. The summed E-state index contributed by atoms with van der Waals surface area (Å²) >= 11 is 0. The number of hydrogen-bond acceptors (Lipinski definition) is 7. The average molecular weight is 440 g/mol. The average Bonchev–Trinajstić information content (AvgIpc) is 2.72. The van der Waals surface area contributed by atoms with Crippen molar-refractivity contribution in [2.45, 2.75) is 19.2 Å². The zero-order valence-corrected chi connectivity index (χ0v) is 16.3. The molecule has 0 bridgehead atoms. The third-order valence-electron chi connectivity index (χ3n) is 4.03. The lowest BCUT2D eigenvalue weighted by atomic mass is 10.1. The molecule has 0 spiro atoms. The molecule has 0 aromatic heterocycles. The van der Waals surface area contributed by atoms with Crippen LogP contribution in [0.2, 0.25) is 0 Å². The number of rotatable bonds is 9. The molecule has 0 fully saturated rings. The van der Waals surface area contributed by atoms with Crippen molar-refractivity contribution in [3.63, 3.8) is 0 Å². The number of anilines is 1. The topological polar surface area (TPSA) is 111 Å². The van der Waals surface area contributed by atoms with E-state index >= 15 is 0 Å². The number of methoxy groups -OCH3 is 1. The first-order valence-electron chi connectivity index (χ1n) is 8.88. The van der Waals surface area contributed by atoms with Crippen LogP contribution in [-0.2, 0) is 22.6 Å². The number of hydrogen-bond donors (Lipinski definition) is 2. The highest BCUT2D eigenvalue weighted by atomic mass is 19.4. The molecule has 0 radical (unpaired) electrons. The van der Waals surface area contributed by atoms with Crippen molar-refractivity contribution >= 4 is 17.3 Å². The third-order valence-corrected chi connectivity index (χ3v) is 4.03. The highest BCUT2D eigenvalue weighted by molar-refractivity contribution is 5.84. The maximum absolute atomic E-state index is 13.4. The Morgan fingerprint density at radius 3 is 2.48 bits per heavy atom. The molecule has 31 heavy (non-hydrogen) atoms. The van der Waals surface area contributed by atoms with Crippen LogP contribution in [-0.4, -0.2) is 35.9 Å². The van der Waals surface area contributed by atoms with E-state index in [1.54, 1.807) is 30.3 Å². The molecule has 2 aromatic carbocycles. The monoisotopic (exact) mass is 440 g/mol. The zero-order chi connectivity index (χ0) is 23.0. The largest absolute Gasteiger partial charge is 0.486 e. The number of benzene rings is 2. The lowest BCUT2D eigenvalue weighted by Crippen LogP contribution is -2.21. The van der Waals surface area contributed by atoms with Gasteiger partial charge in [0, 0.05) is 18.6 Å². The van der Waals surface area contributed by atoms with Gasteiger partial charge in [-0.2, -0.15) is 13.2 Å². The summed E-state index contributed by atoms with van der Waals surface area (Å²) < 4.78 is 50.0. The fourth-order valence-corrected chi connectivity index (χ4v) is 2.57. The van der Waals surface area contributed by atoms with Gasteiger partial charge in [-0.15, -0.1) is 0 Å². The van der Waals surface area contributed by atoms with Crippen LogP contribution in [0.5, 0.6) is 5.75 Å². The van der Waals surface area contributed by atoms with Gasteiger partial charge in [-0.3, -0.25) is 10.1 Å². The van der Waals surface area contributed by atoms with Crippen LogP contribution in [0.25, 0.3) is 0 Å². The summed E-state index contributed by atoms with van der Waals surface area (Å²) in [5.74, 6) is -1.48. The predicted molar refractivity (Wildman–Crippen MR) is 104 cm³/mol. The summed E-state index contributed by atoms with van der Waals surface area (Å²) in [7, 11) is 0.923. The van der Waals surface area contributed by atoms with Crippen LogP contribution in [0.1, 0.15) is 11.1 Å². The minimum absolute atomic E-state index is 0.0124. The number of nitrogens with one attached hydrogen (secondary N) is 1. The third kappa shape index (κ3) is 6.71. The second-order valence-electron chi connectivity index (χ2n) is 6.19. The SMILES string of the molecule is COC(=O)/C=C(\Nc1cc(CCO)c([N+](=O)[O-])cc1OCc1ccccc1)C(F)(F)F. The molecule has 0 unspecified atom stereocenters. The minimum atomic E-state index is -4.95. The van der Waals surface area contributed by atoms with Crippen molar-refractivity contribution < 1.29 is 37.5 Å². The molecule has 2 aromatic rings. The summed E-state index contributed by atoms with van der Waals surface area (Å²) in [6.07, 6.45) is -4.91. The molecule has 0 aliphatic rings. The lowest BCUT2D eigenvalue weighted by Gasteiger charge is -2.18. The highest BCUT2D eigenvalue weighted by Crippen LogP contribution is 2.37. The summed E-state index contributed by atoms with van der Waals surface area (Å²) in [6.45, 7) is -0.539. The minimum Gasteiger partial charge on any atom is -0.486 e. The quantitative estimate of drug-likeness (QED) is 0.264. The van der Waals surface area contributed by atoms with Crippen LogP contribution < -0.4 is 10.1 Å². The summed E-state index contributed by atoms with van der Waals surface area (Å²) in [4.78, 5) is 22.0. The first-order chi connectivity index (χ1) is 14.7. The van der Waals surface area contributed by atoms with Gasteiger partial charge in [0.2, 0.25) is 0 Å². The van der Waals surface area contributed by atoms with E-state index in [0.29, 0.717) is 5.56 Å². The van der Waals surface area contributed by atoms with Crippen molar-refractivity contribution in [2.75, 3.05) is 19.0 Å². The van der Waals surface area contributed by atoms with Gasteiger partial charge in [0.25, 0.3) is 5.69 Å². The predicted octanol–water partition coefficient (Wildman–Crippen LogP) is 3.74. The number of aliphatic hydroxyl groups excluding tert-OH is 1. The molecule has 11 heteroatoms. The van der Waals surface area contributed by atoms with E-state index in [-0.39, 0.29) is 36.1 Å². The molecular formula is C20H19F3N2O6. The van der Waals surface area contributed by atoms with Crippen molar-refractivity contribution in [3.05, 3.63) is 75.5 Å². The van der Waals surface area contributed by atoms with E-state index < -0.39 is 35.1 Å². The smallest absolute Gasteiger partial charge is 0.431 e. The van der Waals surface area contributed by atoms with E-state index in [2.05, 4.69) is 10.1 Å². The van der Waals surface area contributed by atoms with E-state index in [9.17, 15) is 33.2 Å². The Labute approximate surface area is 175 Å². The number of nitro groups is 1. The molecule has 0 saturated carbocycles. The Morgan fingerprint density at radius 1 is 1.26 bits per heavy atom. The van der Waals surface area contributed by atoms with E-state index in [0.717, 1.165) is 19.2 Å². The van der Waals surface area contributed by atoms with Gasteiger partial charge in [-0.1, -0.05) is 30.3 Å². The Hall–Kier alpha value is -3.60. The summed E-state index contributed by atoms with van der Waals surface area (Å²) in [6, 6.07) is 10.7. The molecule has 8 nitrogen and oxygen atoms in total. The fraction of sp³-hybridized carbons (Fsp3) is 0.250. The molecule has 166 valence electrons. The van der Waals surface area contributed by atoms with E-state index in [4.69, 9.17) is 4.74 Å². The van der Waals surface area contributed by atoms with Crippen LogP contribution in [0.15, 0.2) is 54.2 Å². The molecule has 0 atom stereocenters. The van der Waals surface area contributed by atoms with Crippen LogP contribution >= 0.6 is 0 Å². The van der Waals surface area contributed by atoms with Gasteiger partial charge < -0.3 is 19.9 Å². The Morgan fingerprint density at radius 2 is 1.94 bits per heavy atom. The molecule has 0 aliphatic heterocycles. The Balaban J connectivity index is 2.52. The first kappa shape index (κ1) is 23.7. The maximum atomic E-state index is 13.4. The number of carbonyl (C=O) groups is 1. The Bertz CT molecular complexity index is 961. The van der Waals surface area contributed by atoms with Gasteiger partial charge in [0.1, 0.15) is 18.1 Å². The van der Waals surface area contributed by atoms with Crippen LogP contribution in [0.3, 0.4) is 0 Å². The molecule has 0 saturated heterocycles. The van der Waals surface area contributed by atoms with Crippen molar-refractivity contribution in [3.8, 4) is 5.75 Å². The molecular weight excluding hydrogens is 421 g/mol. The van der Waals surface area contributed by atoms with Gasteiger partial charge in [0.05, 0.1) is 29.9 Å². The van der Waals surface area contributed by atoms with Crippen molar-refractivity contribution in [1.29, 1.82) is 0 Å².